The number of allylic oxidation sites excluding steroid dienone is 1. The van der Waals surface area contributed by atoms with Crippen molar-refractivity contribution >= 4 is 17.9 Å². The maximum atomic E-state index is 12.4. The number of imide groups is 1. The molecule has 1 aliphatic carbocycles. The molecule has 1 aliphatic heterocycles. The van der Waals surface area contributed by atoms with E-state index < -0.39 is 11.6 Å². The Kier molecular flexibility index (Phi) is 7.83. The van der Waals surface area contributed by atoms with Crippen molar-refractivity contribution in [3.8, 4) is 0 Å². The molecule has 2 aliphatic rings. The Hall–Kier alpha value is -1.89. The summed E-state index contributed by atoms with van der Waals surface area (Å²) in [5.74, 6) is -0.428. The van der Waals surface area contributed by atoms with Crippen LogP contribution < -0.4 is 0 Å². The Morgan fingerprint density at radius 1 is 1.26 bits per heavy atom. The third-order valence-corrected chi connectivity index (χ3v) is 5.63. The zero-order valence-corrected chi connectivity index (χ0v) is 16.5. The fourth-order valence-corrected chi connectivity index (χ4v) is 3.85. The number of rotatable bonds is 9. The van der Waals surface area contributed by atoms with Gasteiger partial charge in [-0.25, -0.2) is 4.79 Å². The number of amides is 3. The normalized spacial score (nSPS) is 22.7. The lowest BCUT2D eigenvalue weighted by Gasteiger charge is -2.34. The van der Waals surface area contributed by atoms with Crippen molar-refractivity contribution in [2.75, 3.05) is 20.7 Å². The van der Waals surface area contributed by atoms with E-state index >= 15 is 0 Å². The van der Waals surface area contributed by atoms with Gasteiger partial charge in [-0.1, -0.05) is 31.4 Å². The monoisotopic (exact) mass is 380 g/mol. The molecule has 1 heterocycles. The predicted octanol–water partition coefficient (Wildman–Crippen LogP) is 2.62. The van der Waals surface area contributed by atoms with Crippen LogP contribution in [0, 0.1) is 0 Å². The van der Waals surface area contributed by atoms with Gasteiger partial charge in [-0.15, -0.1) is 0 Å². The number of likely N-dealkylation sites (N-methyl/N-ethyl adjacent to an activating group) is 1. The number of ether oxygens (including phenoxy) is 1. The van der Waals surface area contributed by atoms with Gasteiger partial charge >= 0.3 is 12.0 Å². The number of hydrogen-bond acceptors (Lipinski definition) is 5. The van der Waals surface area contributed by atoms with E-state index in [9.17, 15) is 19.5 Å². The van der Waals surface area contributed by atoms with Gasteiger partial charge in [-0.05, 0) is 38.5 Å². The van der Waals surface area contributed by atoms with Crippen LogP contribution in [0.4, 0.5) is 4.79 Å². The van der Waals surface area contributed by atoms with Crippen LogP contribution in [0.2, 0.25) is 0 Å². The number of unbranched alkanes of at least 4 members (excludes halogenated alkanes) is 1. The van der Waals surface area contributed by atoms with E-state index in [1.165, 1.54) is 19.1 Å². The lowest BCUT2D eigenvalue weighted by Crippen LogP contribution is -2.41. The smallest absolute Gasteiger partial charge is 0.327 e. The molecule has 3 amide bonds. The number of hydrogen-bond donors (Lipinski definition) is 1. The number of urea groups is 1. The maximum Gasteiger partial charge on any atom is 0.327 e. The number of carbonyl (C=O) groups excluding carboxylic acids is 3. The van der Waals surface area contributed by atoms with Gasteiger partial charge in [-0.3, -0.25) is 14.5 Å². The molecule has 0 aromatic heterocycles. The molecule has 152 valence electrons. The lowest BCUT2D eigenvalue weighted by atomic mass is 9.82. The minimum absolute atomic E-state index is 0.199. The van der Waals surface area contributed by atoms with Crippen molar-refractivity contribution < 1.29 is 24.2 Å². The van der Waals surface area contributed by atoms with E-state index in [2.05, 4.69) is 4.74 Å². The van der Waals surface area contributed by atoms with Crippen LogP contribution in [0.5, 0.6) is 0 Å². The highest BCUT2D eigenvalue weighted by Gasteiger charge is 2.43. The topological polar surface area (TPSA) is 87.2 Å². The molecule has 2 fully saturated rings. The summed E-state index contributed by atoms with van der Waals surface area (Å²) >= 11 is 0. The molecule has 7 nitrogen and oxygen atoms in total. The number of aliphatic hydroxyl groups is 1. The van der Waals surface area contributed by atoms with Crippen molar-refractivity contribution in [3.05, 3.63) is 12.2 Å². The second kappa shape index (κ2) is 9.88. The van der Waals surface area contributed by atoms with Crippen molar-refractivity contribution in [1.82, 2.24) is 9.80 Å². The Balaban J connectivity index is 1.86. The number of methoxy groups -OCH3 is 1. The fourth-order valence-electron chi connectivity index (χ4n) is 3.85. The third-order valence-electron chi connectivity index (χ3n) is 5.63. The van der Waals surface area contributed by atoms with Crippen LogP contribution in [0.3, 0.4) is 0 Å². The number of carbonyl (C=O) groups is 3. The van der Waals surface area contributed by atoms with Crippen LogP contribution in [0.25, 0.3) is 0 Å². The van der Waals surface area contributed by atoms with Crippen LogP contribution >= 0.6 is 0 Å². The highest BCUT2D eigenvalue weighted by molar-refractivity contribution is 6.03. The second-order valence-corrected chi connectivity index (χ2v) is 7.60. The minimum Gasteiger partial charge on any atom is -0.469 e. The van der Waals surface area contributed by atoms with Gasteiger partial charge in [0.1, 0.15) is 6.04 Å². The first-order valence-corrected chi connectivity index (χ1v) is 9.90. The van der Waals surface area contributed by atoms with Crippen LogP contribution in [0.1, 0.15) is 64.2 Å². The first-order valence-electron chi connectivity index (χ1n) is 9.90. The molecule has 0 radical (unpaired) electrons. The molecular weight excluding hydrogens is 348 g/mol. The van der Waals surface area contributed by atoms with Crippen molar-refractivity contribution in [3.63, 3.8) is 0 Å². The van der Waals surface area contributed by atoms with Gasteiger partial charge < -0.3 is 14.7 Å². The quantitative estimate of drug-likeness (QED) is 0.288. The van der Waals surface area contributed by atoms with Gasteiger partial charge in [0.25, 0.3) is 5.91 Å². The Bertz CT molecular complexity index is 569. The molecule has 1 atom stereocenters. The number of nitrogens with zero attached hydrogens (tertiary/aromatic N) is 2. The first-order chi connectivity index (χ1) is 12.9. The van der Waals surface area contributed by atoms with E-state index in [0.29, 0.717) is 32.2 Å². The molecule has 0 aromatic rings. The average Bonchev–Trinajstić information content (AvgIpc) is 2.87. The molecule has 0 aromatic carbocycles. The summed E-state index contributed by atoms with van der Waals surface area (Å²) in [4.78, 5) is 38.7. The van der Waals surface area contributed by atoms with Crippen molar-refractivity contribution in [1.29, 1.82) is 0 Å². The highest BCUT2D eigenvalue weighted by atomic mass is 16.5. The molecule has 7 heteroatoms. The first kappa shape index (κ1) is 21.4. The van der Waals surface area contributed by atoms with E-state index in [1.807, 2.05) is 12.2 Å². The Morgan fingerprint density at radius 3 is 2.63 bits per heavy atom. The summed E-state index contributed by atoms with van der Waals surface area (Å²) in [6, 6.07) is -0.796. The Morgan fingerprint density at radius 2 is 1.96 bits per heavy atom. The molecule has 1 N–H and O–H groups in total. The maximum absolute atomic E-state index is 12.4. The van der Waals surface area contributed by atoms with Crippen molar-refractivity contribution in [2.24, 2.45) is 0 Å². The van der Waals surface area contributed by atoms with E-state index in [0.717, 1.165) is 38.5 Å². The molecule has 0 bridgehead atoms. The zero-order valence-electron chi connectivity index (χ0n) is 16.5. The summed E-state index contributed by atoms with van der Waals surface area (Å²) in [6.07, 6.45) is 11.3. The van der Waals surface area contributed by atoms with Gasteiger partial charge in [0.15, 0.2) is 0 Å². The average molecular weight is 380 g/mol. The fraction of sp³-hybridized carbons (Fsp3) is 0.750. The molecule has 27 heavy (non-hydrogen) atoms. The van der Waals surface area contributed by atoms with Crippen LogP contribution in [0.15, 0.2) is 12.2 Å². The van der Waals surface area contributed by atoms with E-state index in [-0.39, 0.29) is 17.9 Å². The molecule has 1 unspecified atom stereocenters. The minimum atomic E-state index is -0.711. The van der Waals surface area contributed by atoms with Gasteiger partial charge in [0.05, 0.1) is 12.7 Å². The summed E-state index contributed by atoms with van der Waals surface area (Å²) in [6.45, 7) is 0.395. The summed E-state index contributed by atoms with van der Waals surface area (Å²) in [5, 5.41) is 10.7. The molecular formula is C20H32N2O5. The largest absolute Gasteiger partial charge is 0.469 e. The molecule has 1 saturated heterocycles. The van der Waals surface area contributed by atoms with E-state index in [4.69, 9.17) is 0 Å². The third kappa shape index (κ3) is 5.79. The lowest BCUT2D eigenvalue weighted by molar-refractivity contribution is -0.140. The highest BCUT2D eigenvalue weighted by Crippen LogP contribution is 2.32. The van der Waals surface area contributed by atoms with E-state index in [1.54, 1.807) is 4.90 Å². The molecule has 1 saturated carbocycles. The molecule has 2 rings (SSSR count). The molecule has 0 spiro atoms. The van der Waals surface area contributed by atoms with Gasteiger partial charge in [-0.2, -0.15) is 0 Å². The summed E-state index contributed by atoms with van der Waals surface area (Å²) in [7, 11) is 2.88. The summed E-state index contributed by atoms with van der Waals surface area (Å²) < 4.78 is 4.60. The standard InChI is InChI=1S/C20H32N2O5/c1-21-18(24)16(10-6-3-4-7-11-17(23)27-2)22(19(21)25)15-14-20(26)12-8-5-9-13-20/h3,6,16,26H,4-5,7-15H2,1-2H3. The SMILES string of the molecule is COC(=O)CCCC=CCC1C(=O)N(C)C(=O)N1CCC1(O)CCCCC1. The van der Waals surface area contributed by atoms with Crippen molar-refractivity contribution in [2.45, 2.75) is 75.9 Å². The second-order valence-electron chi connectivity index (χ2n) is 7.60. The summed E-state index contributed by atoms with van der Waals surface area (Å²) in [5.41, 5.74) is -0.711. The number of esters is 1. The predicted molar refractivity (Wildman–Crippen MR) is 101 cm³/mol. The van der Waals surface area contributed by atoms with Crippen LogP contribution in [-0.4, -0.2) is 65.2 Å². The zero-order chi connectivity index (χ0) is 19.9. The van der Waals surface area contributed by atoms with Crippen LogP contribution in [-0.2, 0) is 14.3 Å². The van der Waals surface area contributed by atoms with Gasteiger partial charge in [0.2, 0.25) is 0 Å². The van der Waals surface area contributed by atoms with Gasteiger partial charge in [0, 0.05) is 20.0 Å². The Labute approximate surface area is 161 Å².